The number of likely N-dealkylation sites (tertiary alicyclic amines) is 1. The maximum absolute atomic E-state index is 12.1. The van der Waals surface area contributed by atoms with Crippen LogP contribution in [0.5, 0.6) is 0 Å². The fourth-order valence-corrected chi connectivity index (χ4v) is 4.51. The molecule has 4 nitrogen and oxygen atoms in total. The Morgan fingerprint density at radius 2 is 2.39 bits per heavy atom. The summed E-state index contributed by atoms with van der Waals surface area (Å²) >= 11 is 0. The molecular weight excluding hydrogens is 288 g/mol. The average molecular weight is 310 g/mol. The Morgan fingerprint density at radius 1 is 1.52 bits per heavy atom. The quantitative estimate of drug-likeness (QED) is 0.700. The van der Waals surface area contributed by atoms with E-state index in [9.17, 15) is 4.79 Å². The molecule has 1 aliphatic heterocycles. The molecule has 120 valence electrons. The number of hydrogen-bond acceptors (Lipinski definition) is 3. The number of rotatable bonds is 3. The van der Waals surface area contributed by atoms with Gasteiger partial charge in [-0.1, -0.05) is 18.2 Å². The van der Waals surface area contributed by atoms with Gasteiger partial charge in [-0.05, 0) is 30.0 Å². The van der Waals surface area contributed by atoms with Crippen molar-refractivity contribution in [2.45, 2.75) is 24.8 Å². The van der Waals surface area contributed by atoms with E-state index in [2.05, 4.69) is 40.9 Å². The monoisotopic (exact) mass is 310 g/mol. The zero-order valence-electron chi connectivity index (χ0n) is 13.4. The van der Waals surface area contributed by atoms with Crippen LogP contribution in [-0.2, 0) is 16.0 Å². The number of nitrogens with one attached hydrogen (secondary N) is 1. The number of carbonyl (C=O) groups is 1. The third-order valence-electron chi connectivity index (χ3n) is 5.47. The third kappa shape index (κ3) is 2.20. The van der Waals surface area contributed by atoms with Crippen molar-refractivity contribution in [1.82, 2.24) is 9.88 Å². The molecule has 3 atom stereocenters. The average Bonchev–Trinajstić information content (AvgIpc) is 2.99. The van der Waals surface area contributed by atoms with Crippen molar-refractivity contribution in [3.63, 3.8) is 0 Å². The van der Waals surface area contributed by atoms with Crippen LogP contribution in [-0.4, -0.2) is 42.1 Å². The van der Waals surface area contributed by atoms with Gasteiger partial charge in [0.15, 0.2) is 0 Å². The first kappa shape index (κ1) is 14.5. The van der Waals surface area contributed by atoms with E-state index in [0.29, 0.717) is 12.0 Å². The highest BCUT2D eigenvalue weighted by Gasteiger charge is 2.42. The lowest BCUT2D eigenvalue weighted by atomic mass is 9.72. The molecule has 0 radical (unpaired) electrons. The smallest absolute Gasteiger partial charge is 0.309 e. The number of fused-ring (bicyclic) bond motifs is 2. The minimum atomic E-state index is -0.0930. The summed E-state index contributed by atoms with van der Waals surface area (Å²) < 4.78 is 5.03. The maximum atomic E-state index is 12.1. The van der Waals surface area contributed by atoms with Crippen LogP contribution >= 0.6 is 0 Å². The van der Waals surface area contributed by atoms with Crippen LogP contribution in [0.4, 0.5) is 0 Å². The Hall–Kier alpha value is -2.07. The summed E-state index contributed by atoms with van der Waals surface area (Å²) in [4.78, 5) is 17.9. The number of aromatic amines is 1. The van der Waals surface area contributed by atoms with Crippen LogP contribution in [0.3, 0.4) is 0 Å². The van der Waals surface area contributed by atoms with Crippen molar-refractivity contribution < 1.29 is 9.53 Å². The summed E-state index contributed by atoms with van der Waals surface area (Å²) in [6, 6.07) is 6.90. The summed E-state index contributed by atoms with van der Waals surface area (Å²) in [7, 11) is 1.48. The Labute approximate surface area is 136 Å². The van der Waals surface area contributed by atoms with Gasteiger partial charge in [0.1, 0.15) is 0 Å². The molecule has 1 N–H and O–H groups in total. The molecule has 2 heterocycles. The van der Waals surface area contributed by atoms with E-state index >= 15 is 0 Å². The van der Waals surface area contributed by atoms with Crippen molar-refractivity contribution in [2.75, 3.05) is 20.2 Å². The number of hydrogen-bond donors (Lipinski definition) is 1. The fourth-order valence-electron chi connectivity index (χ4n) is 4.51. The molecule has 0 amide bonds. The molecule has 1 aromatic carbocycles. The van der Waals surface area contributed by atoms with Crippen LogP contribution in [0.1, 0.15) is 23.5 Å². The summed E-state index contributed by atoms with van der Waals surface area (Å²) in [6.45, 7) is 5.46. The summed E-state index contributed by atoms with van der Waals surface area (Å²) in [5.74, 6) is 0.223. The van der Waals surface area contributed by atoms with Gasteiger partial charge in [0.2, 0.25) is 0 Å². The lowest BCUT2D eigenvalue weighted by Crippen LogP contribution is -2.51. The molecule has 4 heteroatoms. The lowest BCUT2D eigenvalue weighted by Gasteiger charge is -2.46. The van der Waals surface area contributed by atoms with Gasteiger partial charge in [-0.25, -0.2) is 0 Å². The van der Waals surface area contributed by atoms with Gasteiger partial charge in [0, 0.05) is 42.1 Å². The number of ether oxygens (including phenoxy) is 1. The highest BCUT2D eigenvalue weighted by molar-refractivity contribution is 5.88. The first-order valence-corrected chi connectivity index (χ1v) is 8.24. The van der Waals surface area contributed by atoms with E-state index in [1.54, 1.807) is 0 Å². The van der Waals surface area contributed by atoms with Gasteiger partial charge in [0.25, 0.3) is 0 Å². The zero-order valence-corrected chi connectivity index (χ0v) is 13.4. The molecule has 1 saturated heterocycles. The number of aromatic nitrogens is 1. The normalized spacial score (nSPS) is 26.7. The molecule has 23 heavy (non-hydrogen) atoms. The maximum Gasteiger partial charge on any atom is 0.309 e. The lowest BCUT2D eigenvalue weighted by molar-refractivity contribution is -0.148. The van der Waals surface area contributed by atoms with E-state index in [1.165, 1.54) is 29.1 Å². The Bertz CT molecular complexity index is 764. The summed E-state index contributed by atoms with van der Waals surface area (Å²) in [5, 5.41) is 1.36. The Kier molecular flexibility index (Phi) is 3.49. The van der Waals surface area contributed by atoms with Gasteiger partial charge >= 0.3 is 5.97 Å². The predicted molar refractivity (Wildman–Crippen MR) is 90.4 cm³/mol. The van der Waals surface area contributed by atoms with Crippen molar-refractivity contribution in [2.24, 2.45) is 5.92 Å². The topological polar surface area (TPSA) is 45.3 Å². The fraction of sp³-hybridized carbons (Fsp3) is 0.421. The minimum Gasteiger partial charge on any atom is -0.469 e. The van der Waals surface area contributed by atoms with E-state index in [-0.39, 0.29) is 11.9 Å². The largest absolute Gasteiger partial charge is 0.469 e. The number of nitrogens with zero attached hydrogens (tertiary/aromatic N) is 1. The minimum absolute atomic E-state index is 0.0584. The van der Waals surface area contributed by atoms with Gasteiger partial charge in [0.05, 0.1) is 13.0 Å². The van der Waals surface area contributed by atoms with Crippen LogP contribution < -0.4 is 0 Å². The standard InChI is InChI=1S/C19H22N2O2/c1-3-7-21-11-13(19(22)23-2)8-15-14-5-4-6-16-18(14)12(10-20-16)9-17(15)21/h3-6,10,13,15,17,20H,1,7-9,11H2,2H3/t13-,15-,17+/m0/s1. The molecular formula is C19H22N2O2. The highest BCUT2D eigenvalue weighted by Crippen LogP contribution is 2.44. The van der Waals surface area contributed by atoms with Gasteiger partial charge in [-0.15, -0.1) is 6.58 Å². The molecule has 4 rings (SSSR count). The zero-order chi connectivity index (χ0) is 16.0. The number of H-pyrrole nitrogens is 1. The van der Waals surface area contributed by atoms with Gasteiger partial charge in [-0.3, -0.25) is 9.69 Å². The molecule has 0 bridgehead atoms. The molecule has 2 aromatic rings. The summed E-state index contributed by atoms with van der Waals surface area (Å²) in [5.41, 5.74) is 3.96. The molecule has 0 saturated carbocycles. The molecule has 0 unspecified atom stereocenters. The van der Waals surface area contributed by atoms with Crippen molar-refractivity contribution >= 4 is 16.9 Å². The Morgan fingerprint density at radius 3 is 3.17 bits per heavy atom. The van der Waals surface area contributed by atoms with E-state index in [4.69, 9.17) is 4.74 Å². The SMILES string of the molecule is C=CCN1C[C@@H](C(=O)OC)C[C@H]2c3cccc4[nH]cc(c34)C[C@H]21. The molecule has 1 fully saturated rings. The van der Waals surface area contributed by atoms with Crippen LogP contribution in [0, 0.1) is 5.92 Å². The summed E-state index contributed by atoms with van der Waals surface area (Å²) in [6.07, 6.45) is 5.98. The number of methoxy groups -OCH3 is 1. The van der Waals surface area contributed by atoms with Crippen LogP contribution in [0.25, 0.3) is 10.9 Å². The van der Waals surface area contributed by atoms with Crippen molar-refractivity contribution in [3.05, 3.63) is 48.2 Å². The molecule has 1 aromatic heterocycles. The second-order valence-electron chi connectivity index (χ2n) is 6.66. The second kappa shape index (κ2) is 5.53. The predicted octanol–water partition coefficient (Wildman–Crippen LogP) is 2.86. The van der Waals surface area contributed by atoms with E-state index in [0.717, 1.165) is 25.9 Å². The third-order valence-corrected chi connectivity index (χ3v) is 5.47. The first-order valence-electron chi connectivity index (χ1n) is 8.24. The first-order chi connectivity index (χ1) is 11.2. The molecule has 0 spiro atoms. The number of piperidine rings is 1. The van der Waals surface area contributed by atoms with E-state index in [1.807, 2.05) is 6.08 Å². The molecule has 1 aliphatic carbocycles. The van der Waals surface area contributed by atoms with Crippen molar-refractivity contribution in [1.29, 1.82) is 0 Å². The number of carbonyl (C=O) groups excluding carboxylic acids is 1. The second-order valence-corrected chi connectivity index (χ2v) is 6.66. The number of esters is 1. The van der Waals surface area contributed by atoms with E-state index < -0.39 is 0 Å². The highest BCUT2D eigenvalue weighted by atomic mass is 16.5. The van der Waals surface area contributed by atoms with Gasteiger partial charge in [-0.2, -0.15) is 0 Å². The molecule has 2 aliphatic rings. The van der Waals surface area contributed by atoms with Crippen LogP contribution in [0.2, 0.25) is 0 Å². The van der Waals surface area contributed by atoms with Crippen LogP contribution in [0.15, 0.2) is 37.1 Å². The van der Waals surface area contributed by atoms with Crippen molar-refractivity contribution in [3.8, 4) is 0 Å². The number of benzene rings is 1. The Balaban J connectivity index is 1.79. The van der Waals surface area contributed by atoms with Gasteiger partial charge < -0.3 is 9.72 Å².